The molecule has 11 heteroatoms. The normalized spacial score (nSPS) is 20.4. The third kappa shape index (κ3) is 5.75. The molecule has 10 nitrogen and oxygen atoms in total. The molecule has 2 fully saturated rings. The van der Waals surface area contributed by atoms with Crippen LogP contribution in [0.2, 0.25) is 5.02 Å². The summed E-state index contributed by atoms with van der Waals surface area (Å²) in [6.45, 7) is 3.80. The van der Waals surface area contributed by atoms with E-state index in [0.717, 1.165) is 12.8 Å². The second-order valence-corrected chi connectivity index (χ2v) is 10.8. The Balaban J connectivity index is 1.48. The summed E-state index contributed by atoms with van der Waals surface area (Å²) < 4.78 is 5.35. The molecule has 1 aromatic heterocycles. The van der Waals surface area contributed by atoms with Gasteiger partial charge in [0.25, 0.3) is 5.91 Å². The number of methoxy groups -OCH3 is 1. The van der Waals surface area contributed by atoms with Gasteiger partial charge in [-0.15, -0.1) is 0 Å². The van der Waals surface area contributed by atoms with E-state index >= 15 is 0 Å². The van der Waals surface area contributed by atoms with E-state index in [1.54, 1.807) is 18.2 Å². The minimum Gasteiger partial charge on any atom is -0.496 e. The maximum absolute atomic E-state index is 13.2. The van der Waals surface area contributed by atoms with Crippen molar-refractivity contribution in [3.05, 3.63) is 28.9 Å². The zero-order valence-corrected chi connectivity index (χ0v) is 21.3. The van der Waals surface area contributed by atoms with E-state index < -0.39 is 35.7 Å². The highest BCUT2D eigenvalue weighted by molar-refractivity contribution is 6.35. The molecule has 0 radical (unpaired) electrons. The third-order valence-electron chi connectivity index (χ3n) is 6.82. The first kappa shape index (κ1) is 25.8. The monoisotopic (exact) mass is 517 g/mol. The van der Waals surface area contributed by atoms with Crippen LogP contribution in [0.25, 0.3) is 10.9 Å². The Labute approximate surface area is 214 Å². The number of primary amides is 1. The van der Waals surface area contributed by atoms with Gasteiger partial charge in [0.1, 0.15) is 23.5 Å². The van der Waals surface area contributed by atoms with Gasteiger partial charge in [-0.25, -0.2) is 0 Å². The van der Waals surface area contributed by atoms with E-state index in [-0.39, 0.29) is 23.6 Å². The van der Waals surface area contributed by atoms with Crippen molar-refractivity contribution in [2.75, 3.05) is 7.11 Å². The number of aromatic nitrogens is 1. The van der Waals surface area contributed by atoms with E-state index in [2.05, 4.69) is 20.9 Å². The number of aromatic amines is 1. The number of nitrogens with two attached hydrogens (primary N) is 1. The highest BCUT2D eigenvalue weighted by Crippen LogP contribution is 2.34. The molecule has 2 aromatic rings. The number of fused-ring (bicyclic) bond motifs is 1. The zero-order valence-electron chi connectivity index (χ0n) is 20.6. The molecular weight excluding hydrogens is 486 g/mol. The molecule has 6 N–H and O–H groups in total. The summed E-state index contributed by atoms with van der Waals surface area (Å²) in [6.07, 6.45) is 3.00. The molecule has 1 aromatic carbocycles. The lowest BCUT2D eigenvalue weighted by molar-refractivity contribution is -0.130. The first-order valence-corrected chi connectivity index (χ1v) is 12.4. The van der Waals surface area contributed by atoms with Crippen LogP contribution in [-0.2, 0) is 14.4 Å². The maximum Gasteiger partial charge on any atom is 0.268 e. The van der Waals surface area contributed by atoms with Crippen LogP contribution in [0.3, 0.4) is 0 Å². The smallest absolute Gasteiger partial charge is 0.268 e. The second-order valence-electron chi connectivity index (χ2n) is 10.4. The van der Waals surface area contributed by atoms with Crippen molar-refractivity contribution in [1.29, 1.82) is 0 Å². The van der Waals surface area contributed by atoms with E-state index in [9.17, 15) is 19.2 Å². The van der Waals surface area contributed by atoms with E-state index in [1.807, 2.05) is 13.8 Å². The molecule has 0 bridgehead atoms. The fourth-order valence-corrected chi connectivity index (χ4v) is 5.01. The maximum atomic E-state index is 13.2. The first-order chi connectivity index (χ1) is 17.0. The van der Waals surface area contributed by atoms with Gasteiger partial charge in [0, 0.05) is 16.8 Å². The van der Waals surface area contributed by atoms with Crippen molar-refractivity contribution < 1.29 is 23.9 Å². The average Bonchev–Trinajstić information content (AvgIpc) is 3.42. The number of amides is 4. The van der Waals surface area contributed by atoms with Crippen molar-refractivity contribution in [2.24, 2.45) is 17.6 Å². The molecule has 0 spiro atoms. The Bertz CT molecular complexity index is 1200. The molecule has 4 rings (SSSR count). The van der Waals surface area contributed by atoms with Gasteiger partial charge < -0.3 is 31.4 Å². The summed E-state index contributed by atoms with van der Waals surface area (Å²) in [6, 6.07) is 3.09. The zero-order chi connectivity index (χ0) is 26.2. The highest BCUT2D eigenvalue weighted by atomic mass is 35.5. The minimum absolute atomic E-state index is 0.0980. The molecular formula is C25H32ClN5O5. The number of carbonyl (C=O) groups excluding carboxylic acids is 4. The van der Waals surface area contributed by atoms with E-state index in [1.165, 1.54) is 7.11 Å². The van der Waals surface area contributed by atoms with Gasteiger partial charge in [0.2, 0.25) is 17.7 Å². The number of ether oxygens (including phenoxy) is 1. The number of carbonyl (C=O) groups is 4. The Kier molecular flexibility index (Phi) is 7.17. The van der Waals surface area contributed by atoms with Crippen LogP contribution in [0, 0.1) is 11.8 Å². The highest BCUT2D eigenvalue weighted by Gasteiger charge is 2.40. The Morgan fingerprint density at radius 1 is 1.19 bits per heavy atom. The molecule has 1 saturated heterocycles. The molecule has 194 valence electrons. The summed E-state index contributed by atoms with van der Waals surface area (Å²) in [5.41, 5.74) is 5.95. The lowest BCUT2D eigenvalue weighted by Gasteiger charge is -2.23. The predicted molar refractivity (Wildman–Crippen MR) is 135 cm³/mol. The number of benzene rings is 1. The standard InChI is InChI=1S/C25H32ClN5O5/c1-25(2)11-13(22(33)31-25)9-16(21(27)32)29-23(34)17(8-12-4-5-12)30-24(35)18-10-14-19(36-3)7-6-15(26)20(14)28-18/h6-7,10,12-13,16-17,28H,4-5,8-9,11H2,1-3H3,(H2,27,32)(H,29,34)(H,30,35)(H,31,33)/t13-,16+,17+/m1/s1. The number of H-pyrrole nitrogens is 1. The minimum atomic E-state index is -1.03. The molecule has 4 amide bonds. The summed E-state index contributed by atoms with van der Waals surface area (Å²) in [4.78, 5) is 53.8. The molecule has 1 aliphatic carbocycles. The number of rotatable bonds is 10. The summed E-state index contributed by atoms with van der Waals surface area (Å²) >= 11 is 6.27. The first-order valence-electron chi connectivity index (χ1n) is 12.0. The van der Waals surface area contributed by atoms with Crippen LogP contribution in [0.15, 0.2) is 18.2 Å². The lowest BCUT2D eigenvalue weighted by Crippen LogP contribution is -2.53. The summed E-state index contributed by atoms with van der Waals surface area (Å²) in [5, 5.41) is 9.42. The Hall–Kier alpha value is -3.27. The van der Waals surface area contributed by atoms with Crippen molar-refractivity contribution in [3.63, 3.8) is 0 Å². The molecule has 1 saturated carbocycles. The van der Waals surface area contributed by atoms with Gasteiger partial charge in [-0.3, -0.25) is 19.2 Å². The van der Waals surface area contributed by atoms with Crippen LogP contribution in [0.4, 0.5) is 0 Å². The molecule has 36 heavy (non-hydrogen) atoms. The molecule has 3 atom stereocenters. The van der Waals surface area contributed by atoms with Crippen molar-refractivity contribution in [3.8, 4) is 5.75 Å². The van der Waals surface area contributed by atoms with Crippen molar-refractivity contribution in [2.45, 2.75) is 63.6 Å². The van der Waals surface area contributed by atoms with E-state index in [0.29, 0.717) is 40.4 Å². The topological polar surface area (TPSA) is 155 Å². The van der Waals surface area contributed by atoms with Gasteiger partial charge in [0.05, 0.1) is 17.6 Å². The SMILES string of the molecule is COc1ccc(Cl)c2[nH]c(C(=O)N[C@@H](CC3CC3)C(=O)N[C@@H](C[C@@H]3CC(C)(C)NC3=O)C(N)=O)cc12. The predicted octanol–water partition coefficient (Wildman–Crippen LogP) is 2.00. The van der Waals surface area contributed by atoms with Gasteiger partial charge in [-0.05, 0) is 57.2 Å². The number of nitrogens with one attached hydrogen (secondary N) is 4. The molecule has 1 aliphatic heterocycles. The fourth-order valence-electron chi connectivity index (χ4n) is 4.80. The molecule has 2 heterocycles. The molecule has 0 unspecified atom stereocenters. The van der Waals surface area contributed by atoms with Crippen molar-refractivity contribution in [1.82, 2.24) is 20.9 Å². The number of halogens is 1. The van der Waals surface area contributed by atoms with Crippen LogP contribution in [0.5, 0.6) is 5.75 Å². The fraction of sp³-hybridized carbons (Fsp3) is 0.520. The quantitative estimate of drug-likeness (QED) is 0.326. The van der Waals surface area contributed by atoms with Crippen LogP contribution >= 0.6 is 11.6 Å². The summed E-state index contributed by atoms with van der Waals surface area (Å²) in [5.74, 6) is -1.47. The number of hydrogen-bond acceptors (Lipinski definition) is 5. The van der Waals surface area contributed by atoms with Crippen LogP contribution in [0.1, 0.15) is 56.4 Å². The third-order valence-corrected chi connectivity index (χ3v) is 7.14. The molecule has 2 aliphatic rings. The lowest BCUT2D eigenvalue weighted by atomic mass is 9.91. The van der Waals surface area contributed by atoms with E-state index in [4.69, 9.17) is 22.1 Å². The Morgan fingerprint density at radius 3 is 2.50 bits per heavy atom. The largest absolute Gasteiger partial charge is 0.496 e. The Morgan fingerprint density at radius 2 is 1.92 bits per heavy atom. The van der Waals surface area contributed by atoms with Gasteiger partial charge >= 0.3 is 0 Å². The second kappa shape index (κ2) is 10.0. The van der Waals surface area contributed by atoms with Crippen LogP contribution < -0.4 is 26.4 Å². The average molecular weight is 518 g/mol. The van der Waals surface area contributed by atoms with Crippen LogP contribution in [-0.4, -0.2) is 53.3 Å². The van der Waals surface area contributed by atoms with Gasteiger partial charge in [0.15, 0.2) is 0 Å². The number of hydrogen-bond donors (Lipinski definition) is 5. The van der Waals surface area contributed by atoms with Crippen molar-refractivity contribution >= 4 is 46.1 Å². The summed E-state index contributed by atoms with van der Waals surface area (Å²) in [7, 11) is 1.52. The van der Waals surface area contributed by atoms with Gasteiger partial charge in [-0.2, -0.15) is 0 Å². The van der Waals surface area contributed by atoms with Gasteiger partial charge in [-0.1, -0.05) is 24.4 Å².